The van der Waals surface area contributed by atoms with Crippen molar-refractivity contribution in [1.82, 2.24) is 10.2 Å². The maximum atomic E-state index is 13.4. The molecule has 0 spiro atoms. The van der Waals surface area contributed by atoms with Crippen molar-refractivity contribution in [2.24, 2.45) is 4.99 Å². The summed E-state index contributed by atoms with van der Waals surface area (Å²) >= 11 is -0.160. The Hall–Kier alpha value is -2.59. The Bertz CT molecular complexity index is 1180. The molecule has 2 amide bonds. The standard InChI is InChI=1S/C29H37GeN3O4S/c1-29(2)24(28(36)37-18-12-17-30(3,4)5)33-26(35)23(27(33)38-29)32-25(34)22(21-15-10-7-11-16-21)31-19-20-13-8-6-9-14-20/h6-11,13-16,19,22-24,27H,12,17-18H2,1-5H3,(H,32,34). The van der Waals surface area contributed by atoms with Gasteiger partial charge in [-0.25, -0.2) is 0 Å². The van der Waals surface area contributed by atoms with Crippen molar-refractivity contribution in [3.8, 4) is 0 Å². The van der Waals surface area contributed by atoms with Crippen molar-refractivity contribution in [3.63, 3.8) is 0 Å². The summed E-state index contributed by atoms with van der Waals surface area (Å²) in [6, 6.07) is 16.7. The molecule has 2 saturated heterocycles. The number of thioether (sulfide) groups is 1. The number of rotatable bonds is 10. The first-order valence-electron chi connectivity index (χ1n) is 13.1. The van der Waals surface area contributed by atoms with Gasteiger partial charge in [0, 0.05) is 6.21 Å². The van der Waals surface area contributed by atoms with Crippen LogP contribution in [0, 0.1) is 0 Å². The monoisotopic (exact) mass is 597 g/mol. The van der Waals surface area contributed by atoms with E-state index in [0.717, 1.165) is 22.8 Å². The Morgan fingerprint density at radius 2 is 1.74 bits per heavy atom. The fourth-order valence-electron chi connectivity index (χ4n) is 4.85. The minimum atomic E-state index is -1.69. The zero-order valence-corrected chi connectivity index (χ0v) is 25.6. The van der Waals surface area contributed by atoms with E-state index in [0.29, 0.717) is 6.61 Å². The predicted molar refractivity (Wildman–Crippen MR) is 155 cm³/mol. The summed E-state index contributed by atoms with van der Waals surface area (Å²) < 4.78 is 5.10. The van der Waals surface area contributed by atoms with Gasteiger partial charge in [0.15, 0.2) is 0 Å². The second-order valence-electron chi connectivity index (χ2n) is 11.6. The number of hydrogen-bond donors (Lipinski definition) is 1. The first kappa shape index (κ1) is 28.4. The van der Waals surface area contributed by atoms with Crippen LogP contribution in [0.4, 0.5) is 0 Å². The third-order valence-electron chi connectivity index (χ3n) is 6.81. The van der Waals surface area contributed by atoms with Gasteiger partial charge in [-0.2, -0.15) is 0 Å². The number of esters is 1. The number of amides is 2. The number of hydrogen-bond acceptors (Lipinski definition) is 6. The molecule has 4 atom stereocenters. The van der Waals surface area contributed by atoms with Gasteiger partial charge in [0.2, 0.25) is 0 Å². The third kappa shape index (κ3) is 6.51. The summed E-state index contributed by atoms with van der Waals surface area (Å²) in [4.78, 5) is 45.9. The molecule has 0 bridgehead atoms. The molecule has 4 rings (SSSR count). The maximum absolute atomic E-state index is 13.4. The zero-order valence-electron chi connectivity index (χ0n) is 22.7. The van der Waals surface area contributed by atoms with Crippen LogP contribution < -0.4 is 5.32 Å². The van der Waals surface area contributed by atoms with E-state index in [9.17, 15) is 14.4 Å². The van der Waals surface area contributed by atoms with Crippen molar-refractivity contribution in [1.29, 1.82) is 0 Å². The van der Waals surface area contributed by atoms with E-state index in [1.54, 1.807) is 11.1 Å². The molecule has 0 radical (unpaired) electrons. The second kappa shape index (κ2) is 11.7. The predicted octanol–water partition coefficient (Wildman–Crippen LogP) is 4.67. The quantitative estimate of drug-likeness (QED) is 0.142. The number of nitrogens with one attached hydrogen (secondary N) is 1. The van der Waals surface area contributed by atoms with E-state index >= 15 is 0 Å². The molecule has 38 heavy (non-hydrogen) atoms. The first-order chi connectivity index (χ1) is 18.0. The van der Waals surface area contributed by atoms with Gasteiger partial charge in [0.25, 0.3) is 0 Å². The summed E-state index contributed by atoms with van der Waals surface area (Å²) in [5.74, 6) is 6.05. The molecule has 1 N–H and O–H groups in total. The Balaban J connectivity index is 1.44. The normalized spacial score (nSPS) is 23.0. The van der Waals surface area contributed by atoms with Crippen LogP contribution in [0.25, 0.3) is 0 Å². The van der Waals surface area contributed by atoms with E-state index in [-0.39, 0.29) is 23.2 Å². The summed E-state index contributed by atoms with van der Waals surface area (Å²) in [6.45, 7) is 4.29. The van der Waals surface area contributed by atoms with Crippen LogP contribution in [0.2, 0.25) is 22.5 Å². The molecule has 7 nitrogen and oxygen atoms in total. The van der Waals surface area contributed by atoms with Crippen molar-refractivity contribution in [2.45, 2.75) is 71.0 Å². The van der Waals surface area contributed by atoms with Crippen LogP contribution in [-0.2, 0) is 19.1 Å². The van der Waals surface area contributed by atoms with E-state index in [2.05, 4.69) is 27.6 Å². The fourth-order valence-corrected chi connectivity index (χ4v) is 9.00. The molecule has 2 aliphatic heterocycles. The van der Waals surface area contributed by atoms with Crippen molar-refractivity contribution < 1.29 is 19.1 Å². The molecular weight excluding hydrogens is 559 g/mol. The number of carbonyl (C=O) groups is 3. The Morgan fingerprint density at radius 1 is 1.11 bits per heavy atom. The number of benzene rings is 2. The number of aliphatic imine (C=N–C) groups is 1. The van der Waals surface area contributed by atoms with Gasteiger partial charge in [0.05, 0.1) is 0 Å². The van der Waals surface area contributed by atoms with Gasteiger partial charge in [0.1, 0.15) is 0 Å². The molecule has 0 aromatic heterocycles. The molecule has 4 unspecified atom stereocenters. The molecule has 2 heterocycles. The topological polar surface area (TPSA) is 88.1 Å². The molecule has 0 aliphatic carbocycles. The Labute approximate surface area is 232 Å². The fraction of sp³-hybridized carbons (Fsp3) is 0.448. The van der Waals surface area contributed by atoms with E-state index in [4.69, 9.17) is 4.74 Å². The van der Waals surface area contributed by atoms with Gasteiger partial charge in [-0.1, -0.05) is 60.7 Å². The van der Waals surface area contributed by atoms with Crippen LogP contribution in [0.15, 0.2) is 65.7 Å². The van der Waals surface area contributed by atoms with Gasteiger partial charge in [-0.05, 0) is 11.1 Å². The van der Waals surface area contributed by atoms with Crippen LogP contribution in [0.5, 0.6) is 0 Å². The van der Waals surface area contributed by atoms with Gasteiger partial charge < -0.3 is 0 Å². The van der Waals surface area contributed by atoms with Gasteiger partial charge in [-0.3, -0.25) is 4.99 Å². The zero-order chi connectivity index (χ0) is 27.5. The Kier molecular flexibility index (Phi) is 8.72. The van der Waals surface area contributed by atoms with Crippen molar-refractivity contribution >= 4 is 49.0 Å². The summed E-state index contributed by atoms with van der Waals surface area (Å²) in [6.07, 6.45) is 2.53. The van der Waals surface area contributed by atoms with Crippen molar-refractivity contribution in [3.05, 3.63) is 71.8 Å². The average molecular weight is 596 g/mol. The molecule has 9 heteroatoms. The number of carbonyl (C=O) groups excluding carboxylic acids is 3. The second-order valence-corrected chi connectivity index (χ2v) is 25.1. The number of β-lactam (4-membered cyclic amide) rings is 1. The number of fused-ring (bicyclic) bond motifs is 1. The van der Waals surface area contributed by atoms with E-state index in [1.807, 2.05) is 74.5 Å². The molecule has 0 saturated carbocycles. The number of nitrogens with zero attached hydrogens (tertiary/aromatic N) is 2. The summed E-state index contributed by atoms with van der Waals surface area (Å²) in [7, 11) is 0. The molecule has 2 aromatic rings. The summed E-state index contributed by atoms with van der Waals surface area (Å²) in [5, 5.41) is 3.74. The SMILES string of the molecule is CC1(C)SC2C(NC(=O)C(N=Cc3ccccc3)c3ccccc3)C(=O)N2C1C(=O)OCC[CH2][Ge]([CH3])([CH3])[CH3]. The van der Waals surface area contributed by atoms with Crippen LogP contribution in [0.3, 0.4) is 0 Å². The average Bonchev–Trinajstić information content (AvgIpc) is 3.13. The summed E-state index contributed by atoms with van der Waals surface area (Å²) in [5.41, 5.74) is 1.62. The molecule has 202 valence electrons. The van der Waals surface area contributed by atoms with Crippen molar-refractivity contribution in [2.75, 3.05) is 6.61 Å². The van der Waals surface area contributed by atoms with Gasteiger partial charge >= 0.3 is 150 Å². The third-order valence-corrected chi connectivity index (χ3v) is 12.3. The van der Waals surface area contributed by atoms with Gasteiger partial charge in [-0.15, -0.1) is 0 Å². The first-order valence-corrected chi connectivity index (χ1v) is 21.7. The Morgan fingerprint density at radius 3 is 2.37 bits per heavy atom. The minimum absolute atomic E-state index is 0.257. The molecular formula is C29H37GeN3O4S. The van der Waals surface area contributed by atoms with Crippen LogP contribution in [-0.4, -0.2) is 71.0 Å². The van der Waals surface area contributed by atoms with E-state index in [1.165, 1.54) is 11.8 Å². The van der Waals surface area contributed by atoms with Crippen LogP contribution in [0.1, 0.15) is 37.4 Å². The molecule has 2 aromatic carbocycles. The molecule has 2 fully saturated rings. The molecule has 2 aliphatic rings. The van der Waals surface area contributed by atoms with E-state index < -0.39 is 36.1 Å². The van der Waals surface area contributed by atoms with Crippen LogP contribution >= 0.6 is 11.8 Å². The number of ether oxygens (including phenoxy) is 1.